The van der Waals surface area contributed by atoms with Crippen molar-refractivity contribution in [1.82, 2.24) is 14.3 Å². The van der Waals surface area contributed by atoms with Crippen LogP contribution in [0, 0.1) is 25.2 Å². The second-order valence-electron chi connectivity index (χ2n) is 9.65. The van der Waals surface area contributed by atoms with Crippen molar-refractivity contribution in [3.05, 3.63) is 48.7 Å². The lowest BCUT2D eigenvalue weighted by atomic mass is 9.62. The van der Waals surface area contributed by atoms with E-state index in [1.165, 1.54) is 18.7 Å². The molecule has 4 N–H and O–H groups in total. The standard InChI is InChI=1S/C23H32N4O6/c1-11-13(10-24)20(30)26(8-7-9-33-6)21(31)14(11)16-18(28)17(19(16)29)15-12(2)25-27(22(15)32)23(3,4)5/h16-19,25,28-29,31H,7-9H2,1-6H3. The molecule has 0 bridgehead atoms. The molecule has 2 aromatic rings. The van der Waals surface area contributed by atoms with Crippen LogP contribution in [0.3, 0.4) is 0 Å². The van der Waals surface area contributed by atoms with E-state index < -0.39 is 41.0 Å². The third-order valence-corrected chi connectivity index (χ3v) is 6.50. The molecule has 2 aromatic heterocycles. The molecule has 1 saturated carbocycles. The van der Waals surface area contributed by atoms with Crippen LogP contribution in [0.1, 0.15) is 67.0 Å². The van der Waals surface area contributed by atoms with Crippen LogP contribution in [-0.4, -0.2) is 55.6 Å². The van der Waals surface area contributed by atoms with Crippen LogP contribution < -0.4 is 11.1 Å². The van der Waals surface area contributed by atoms with Crippen LogP contribution in [0.25, 0.3) is 0 Å². The van der Waals surface area contributed by atoms with Crippen molar-refractivity contribution in [3.8, 4) is 11.9 Å². The van der Waals surface area contributed by atoms with Gasteiger partial charge in [0.25, 0.3) is 11.1 Å². The molecule has 1 aliphatic rings. The maximum Gasteiger partial charge on any atom is 0.271 e. The van der Waals surface area contributed by atoms with Crippen LogP contribution in [0.4, 0.5) is 0 Å². The highest BCUT2D eigenvalue weighted by atomic mass is 16.5. The van der Waals surface area contributed by atoms with Crippen molar-refractivity contribution in [2.75, 3.05) is 13.7 Å². The monoisotopic (exact) mass is 460 g/mol. The van der Waals surface area contributed by atoms with Gasteiger partial charge in [-0.05, 0) is 46.6 Å². The van der Waals surface area contributed by atoms with E-state index in [4.69, 9.17) is 4.74 Å². The van der Waals surface area contributed by atoms with Gasteiger partial charge in [0.05, 0.1) is 17.7 Å². The molecule has 0 spiro atoms. The minimum absolute atomic E-state index is 0.107. The summed E-state index contributed by atoms with van der Waals surface area (Å²) in [6.07, 6.45) is -1.97. The third-order valence-electron chi connectivity index (χ3n) is 6.50. The van der Waals surface area contributed by atoms with E-state index in [1.54, 1.807) is 6.92 Å². The molecule has 3 rings (SSSR count). The molecule has 0 aromatic carbocycles. The topological polar surface area (TPSA) is 154 Å². The predicted molar refractivity (Wildman–Crippen MR) is 121 cm³/mol. The maximum atomic E-state index is 13.0. The van der Waals surface area contributed by atoms with E-state index in [0.29, 0.717) is 18.7 Å². The number of ether oxygens (including phenoxy) is 1. The molecule has 0 radical (unpaired) electrons. The fourth-order valence-electron chi connectivity index (χ4n) is 4.76. The predicted octanol–water partition coefficient (Wildman–Crippen LogP) is 0.927. The van der Waals surface area contributed by atoms with Crippen molar-refractivity contribution in [2.45, 2.75) is 77.2 Å². The van der Waals surface area contributed by atoms with Crippen LogP contribution in [0.15, 0.2) is 9.59 Å². The minimum atomic E-state index is -1.20. The lowest BCUT2D eigenvalue weighted by Gasteiger charge is -2.47. The number of aliphatic hydroxyl groups excluding tert-OH is 2. The molecule has 1 aliphatic carbocycles. The first kappa shape index (κ1) is 24.8. The molecule has 33 heavy (non-hydrogen) atoms. The first-order chi connectivity index (χ1) is 15.4. The van der Waals surface area contributed by atoms with Gasteiger partial charge in [-0.2, -0.15) is 5.26 Å². The summed E-state index contributed by atoms with van der Waals surface area (Å²) in [4.78, 5) is 25.8. The lowest BCUT2D eigenvalue weighted by Crippen LogP contribution is -2.54. The number of hydrogen-bond acceptors (Lipinski definition) is 7. The molecule has 2 atom stereocenters. The number of H-pyrrole nitrogens is 1. The van der Waals surface area contributed by atoms with Gasteiger partial charge in [0.1, 0.15) is 11.6 Å². The zero-order valence-electron chi connectivity index (χ0n) is 19.8. The summed E-state index contributed by atoms with van der Waals surface area (Å²) in [5.41, 5.74) is -0.464. The Hall–Kier alpha value is -2.87. The number of aromatic nitrogens is 3. The van der Waals surface area contributed by atoms with Crippen LogP contribution in [0.5, 0.6) is 5.88 Å². The zero-order valence-corrected chi connectivity index (χ0v) is 19.8. The van der Waals surface area contributed by atoms with E-state index in [0.717, 1.165) is 4.57 Å². The van der Waals surface area contributed by atoms with Gasteiger partial charge in [0.2, 0.25) is 0 Å². The Morgan fingerprint density at radius 3 is 2.15 bits per heavy atom. The molecule has 0 saturated heterocycles. The summed E-state index contributed by atoms with van der Waals surface area (Å²) < 4.78 is 7.53. The second kappa shape index (κ2) is 8.82. The van der Waals surface area contributed by atoms with Crippen LogP contribution in [-0.2, 0) is 16.8 Å². The molecule has 1 fully saturated rings. The normalized spacial score (nSPS) is 22.8. The number of aliphatic hydroxyl groups is 2. The number of hydrogen-bond donors (Lipinski definition) is 4. The van der Waals surface area contributed by atoms with Gasteiger partial charge >= 0.3 is 0 Å². The highest BCUT2D eigenvalue weighted by Gasteiger charge is 2.54. The first-order valence-electron chi connectivity index (χ1n) is 10.9. The summed E-state index contributed by atoms with van der Waals surface area (Å²) >= 11 is 0. The van der Waals surface area contributed by atoms with Gasteiger partial charge in [-0.15, -0.1) is 0 Å². The SMILES string of the molecule is COCCCn1c(O)c(C2C(O)C(c3c(C)[nH]n(C(C)(C)C)c3=O)C2O)c(C)c(C#N)c1=O. The Balaban J connectivity index is 2.08. The molecule has 2 unspecified atom stereocenters. The average molecular weight is 461 g/mol. The van der Waals surface area contributed by atoms with Gasteiger partial charge in [-0.1, -0.05) is 0 Å². The molecule has 2 heterocycles. The number of nitrogens with one attached hydrogen (secondary N) is 1. The maximum absolute atomic E-state index is 13.0. The average Bonchev–Trinajstić information content (AvgIpc) is 3.03. The largest absolute Gasteiger partial charge is 0.494 e. The fourth-order valence-corrected chi connectivity index (χ4v) is 4.76. The Kier molecular flexibility index (Phi) is 6.62. The summed E-state index contributed by atoms with van der Waals surface area (Å²) in [5.74, 6) is -2.24. The zero-order chi connectivity index (χ0) is 24.8. The molecular formula is C23H32N4O6. The van der Waals surface area contributed by atoms with Crippen molar-refractivity contribution < 1.29 is 20.1 Å². The third kappa shape index (κ3) is 3.90. The highest BCUT2D eigenvalue weighted by molar-refractivity contribution is 5.50. The number of aromatic hydroxyl groups is 1. The first-order valence-corrected chi connectivity index (χ1v) is 10.9. The lowest BCUT2D eigenvalue weighted by molar-refractivity contribution is -0.0803. The van der Waals surface area contributed by atoms with E-state index in [9.17, 15) is 30.2 Å². The van der Waals surface area contributed by atoms with Crippen molar-refractivity contribution in [1.29, 1.82) is 5.26 Å². The van der Waals surface area contributed by atoms with E-state index >= 15 is 0 Å². The molecule has 10 heteroatoms. The molecule has 180 valence electrons. The molecular weight excluding hydrogens is 428 g/mol. The number of nitriles is 1. The molecule has 10 nitrogen and oxygen atoms in total. The number of rotatable bonds is 6. The summed E-state index contributed by atoms with van der Waals surface area (Å²) in [7, 11) is 1.52. The summed E-state index contributed by atoms with van der Waals surface area (Å²) in [6.45, 7) is 9.26. The van der Waals surface area contributed by atoms with E-state index in [-0.39, 0.29) is 34.4 Å². The van der Waals surface area contributed by atoms with Crippen molar-refractivity contribution in [2.24, 2.45) is 0 Å². The van der Waals surface area contributed by atoms with E-state index in [2.05, 4.69) is 5.10 Å². The summed E-state index contributed by atoms with van der Waals surface area (Å²) in [6, 6.07) is 1.88. The number of aromatic amines is 1. The second-order valence-corrected chi connectivity index (χ2v) is 9.65. The minimum Gasteiger partial charge on any atom is -0.494 e. The highest BCUT2D eigenvalue weighted by Crippen LogP contribution is 2.50. The van der Waals surface area contributed by atoms with Crippen molar-refractivity contribution in [3.63, 3.8) is 0 Å². The van der Waals surface area contributed by atoms with Gasteiger partial charge in [0.15, 0.2) is 5.88 Å². The fraction of sp³-hybridized carbons (Fsp3) is 0.609. The molecule has 0 aliphatic heterocycles. The van der Waals surface area contributed by atoms with Crippen LogP contribution in [0.2, 0.25) is 0 Å². The van der Waals surface area contributed by atoms with Gasteiger partial charge < -0.3 is 20.1 Å². The Bertz CT molecular complexity index is 1200. The Labute approximate surface area is 191 Å². The number of nitrogens with zero attached hydrogens (tertiary/aromatic N) is 3. The van der Waals surface area contributed by atoms with Crippen LogP contribution >= 0.6 is 0 Å². The number of methoxy groups -OCH3 is 1. The van der Waals surface area contributed by atoms with Gasteiger partial charge in [-0.25, -0.2) is 4.68 Å². The Morgan fingerprint density at radius 1 is 1.09 bits per heavy atom. The number of pyridine rings is 1. The summed E-state index contributed by atoms with van der Waals surface area (Å²) in [5, 5.41) is 45.6. The van der Waals surface area contributed by atoms with Gasteiger partial charge in [-0.3, -0.25) is 19.3 Å². The quantitative estimate of drug-likeness (QED) is 0.468. The van der Waals surface area contributed by atoms with Crippen molar-refractivity contribution >= 4 is 0 Å². The van der Waals surface area contributed by atoms with Gasteiger partial charge in [0, 0.05) is 48.9 Å². The van der Waals surface area contributed by atoms with E-state index in [1.807, 2.05) is 26.8 Å². The number of aryl methyl sites for hydroxylation is 1. The Morgan fingerprint density at radius 2 is 1.67 bits per heavy atom. The smallest absolute Gasteiger partial charge is 0.271 e. The molecule has 0 amide bonds.